The minimum atomic E-state index is -0.0555. The van der Waals surface area contributed by atoms with Crippen LogP contribution >= 0.6 is 11.6 Å². The molecule has 0 fully saturated rings. The molecule has 0 aliphatic heterocycles. The number of rotatable bonds is 5. The van der Waals surface area contributed by atoms with Gasteiger partial charge in [-0.3, -0.25) is 20.6 Å². The van der Waals surface area contributed by atoms with E-state index >= 15 is 0 Å². The summed E-state index contributed by atoms with van der Waals surface area (Å²) < 4.78 is 3.67. The number of hydrazine groups is 1. The highest BCUT2D eigenvalue weighted by molar-refractivity contribution is 6.31. The number of halogens is 1. The van der Waals surface area contributed by atoms with E-state index < -0.39 is 0 Å². The highest BCUT2D eigenvalue weighted by Gasteiger charge is 2.20. The lowest BCUT2D eigenvalue weighted by atomic mass is 10.1. The van der Waals surface area contributed by atoms with Crippen LogP contribution < -0.4 is 11.3 Å². The highest BCUT2D eigenvalue weighted by atomic mass is 35.5. The first-order chi connectivity index (χ1) is 9.47. The van der Waals surface area contributed by atoms with E-state index in [1.165, 1.54) is 0 Å². The molecule has 0 bridgehead atoms. The van der Waals surface area contributed by atoms with Gasteiger partial charge in [0.15, 0.2) is 0 Å². The molecule has 0 saturated carbocycles. The smallest absolute Gasteiger partial charge is 0.0847 e. The van der Waals surface area contributed by atoms with Crippen molar-refractivity contribution in [1.82, 2.24) is 25.0 Å². The lowest BCUT2D eigenvalue weighted by molar-refractivity contribution is 0.493. The second kappa shape index (κ2) is 5.95. The van der Waals surface area contributed by atoms with Gasteiger partial charge in [0.25, 0.3) is 0 Å². The van der Waals surface area contributed by atoms with Gasteiger partial charge < -0.3 is 0 Å². The number of hydrogen-bond acceptors (Lipinski definition) is 4. The van der Waals surface area contributed by atoms with E-state index in [-0.39, 0.29) is 6.04 Å². The van der Waals surface area contributed by atoms with Crippen LogP contribution in [0.3, 0.4) is 0 Å². The standard InChI is InChI=1S/C13H21ClN6/c1-5-9-6-11(19(3)18-9)10(16-15)7-12-13(14)8(2)17-20(12)4/h6,10,16H,5,7,15H2,1-4H3. The topological polar surface area (TPSA) is 73.7 Å². The Bertz CT molecular complexity index is 600. The highest BCUT2D eigenvalue weighted by Crippen LogP contribution is 2.25. The molecule has 2 aromatic rings. The Morgan fingerprint density at radius 1 is 1.35 bits per heavy atom. The van der Waals surface area contributed by atoms with Crippen LogP contribution in [-0.2, 0) is 26.9 Å². The first-order valence-corrected chi connectivity index (χ1v) is 7.02. The van der Waals surface area contributed by atoms with Gasteiger partial charge in [0.1, 0.15) is 0 Å². The molecule has 0 aliphatic rings. The van der Waals surface area contributed by atoms with Crippen molar-refractivity contribution < 1.29 is 0 Å². The molecule has 20 heavy (non-hydrogen) atoms. The maximum atomic E-state index is 6.30. The summed E-state index contributed by atoms with van der Waals surface area (Å²) in [5.41, 5.74) is 6.74. The quantitative estimate of drug-likeness (QED) is 0.646. The van der Waals surface area contributed by atoms with Crippen LogP contribution in [0.25, 0.3) is 0 Å². The predicted octanol–water partition coefficient (Wildman–Crippen LogP) is 1.42. The third kappa shape index (κ3) is 2.72. The molecule has 1 unspecified atom stereocenters. The van der Waals surface area contributed by atoms with Crippen molar-refractivity contribution in [3.63, 3.8) is 0 Å². The molecule has 2 heterocycles. The first kappa shape index (κ1) is 15.0. The van der Waals surface area contributed by atoms with Gasteiger partial charge in [0.2, 0.25) is 0 Å². The van der Waals surface area contributed by atoms with Gasteiger partial charge in [-0.2, -0.15) is 10.2 Å². The summed E-state index contributed by atoms with van der Waals surface area (Å²) >= 11 is 6.30. The minimum absolute atomic E-state index is 0.0555. The van der Waals surface area contributed by atoms with E-state index in [2.05, 4.69) is 28.6 Å². The Morgan fingerprint density at radius 3 is 2.50 bits per heavy atom. The monoisotopic (exact) mass is 296 g/mol. The molecule has 0 aromatic carbocycles. The average molecular weight is 297 g/mol. The van der Waals surface area contributed by atoms with Crippen LogP contribution in [-0.4, -0.2) is 19.6 Å². The van der Waals surface area contributed by atoms with E-state index in [1.54, 1.807) is 4.68 Å². The number of nitrogens with one attached hydrogen (secondary N) is 1. The molecule has 1 atom stereocenters. The van der Waals surface area contributed by atoms with E-state index in [0.717, 1.165) is 29.2 Å². The number of aromatic nitrogens is 4. The summed E-state index contributed by atoms with van der Waals surface area (Å²) in [5.74, 6) is 5.72. The molecule has 0 amide bonds. The van der Waals surface area contributed by atoms with Crippen molar-refractivity contribution in [3.8, 4) is 0 Å². The second-order valence-corrected chi connectivity index (χ2v) is 5.31. The fourth-order valence-corrected chi connectivity index (χ4v) is 2.62. The third-order valence-corrected chi connectivity index (χ3v) is 4.04. The minimum Gasteiger partial charge on any atom is -0.271 e. The Labute approximate surface area is 123 Å². The van der Waals surface area contributed by atoms with Crippen molar-refractivity contribution in [2.45, 2.75) is 32.7 Å². The zero-order valence-electron chi connectivity index (χ0n) is 12.3. The van der Waals surface area contributed by atoms with Gasteiger partial charge in [0.05, 0.1) is 33.8 Å². The molecule has 0 spiro atoms. The van der Waals surface area contributed by atoms with Crippen molar-refractivity contribution in [2.24, 2.45) is 19.9 Å². The zero-order chi connectivity index (χ0) is 14.9. The van der Waals surface area contributed by atoms with Crippen molar-refractivity contribution in [3.05, 3.63) is 33.9 Å². The number of nitrogens with two attached hydrogens (primary N) is 1. The summed E-state index contributed by atoms with van der Waals surface area (Å²) in [6, 6.07) is 2.02. The predicted molar refractivity (Wildman–Crippen MR) is 79.3 cm³/mol. The first-order valence-electron chi connectivity index (χ1n) is 6.64. The summed E-state index contributed by atoms with van der Waals surface area (Å²) in [5, 5.41) is 9.48. The van der Waals surface area contributed by atoms with Crippen LogP contribution in [0.4, 0.5) is 0 Å². The zero-order valence-corrected chi connectivity index (χ0v) is 13.1. The van der Waals surface area contributed by atoms with Crippen molar-refractivity contribution >= 4 is 11.6 Å². The Morgan fingerprint density at radius 2 is 2.05 bits per heavy atom. The van der Waals surface area contributed by atoms with E-state index in [1.807, 2.05) is 25.7 Å². The molecular weight excluding hydrogens is 276 g/mol. The Balaban J connectivity index is 2.31. The number of aryl methyl sites for hydroxylation is 4. The summed E-state index contributed by atoms with van der Waals surface area (Å²) in [4.78, 5) is 0. The summed E-state index contributed by atoms with van der Waals surface area (Å²) in [6.07, 6.45) is 1.56. The molecule has 2 aromatic heterocycles. The van der Waals surface area contributed by atoms with Crippen LogP contribution in [0.2, 0.25) is 5.02 Å². The van der Waals surface area contributed by atoms with Crippen LogP contribution in [0.15, 0.2) is 6.07 Å². The van der Waals surface area contributed by atoms with Crippen molar-refractivity contribution in [2.75, 3.05) is 0 Å². The van der Waals surface area contributed by atoms with Gasteiger partial charge in [0, 0.05) is 20.5 Å². The van der Waals surface area contributed by atoms with E-state index in [4.69, 9.17) is 17.4 Å². The van der Waals surface area contributed by atoms with Crippen molar-refractivity contribution in [1.29, 1.82) is 0 Å². The molecule has 6 nitrogen and oxygen atoms in total. The third-order valence-electron chi connectivity index (χ3n) is 3.55. The van der Waals surface area contributed by atoms with Gasteiger partial charge >= 0.3 is 0 Å². The van der Waals surface area contributed by atoms with Crippen LogP contribution in [0, 0.1) is 6.92 Å². The number of hydrogen-bond donors (Lipinski definition) is 2. The van der Waals surface area contributed by atoms with Crippen LogP contribution in [0.1, 0.15) is 35.7 Å². The summed E-state index contributed by atoms with van der Waals surface area (Å²) in [6.45, 7) is 3.98. The molecule has 0 aliphatic carbocycles. The maximum Gasteiger partial charge on any atom is 0.0847 e. The average Bonchev–Trinajstić information content (AvgIpc) is 2.90. The van der Waals surface area contributed by atoms with Crippen LogP contribution in [0.5, 0.6) is 0 Å². The second-order valence-electron chi connectivity index (χ2n) is 4.93. The molecular formula is C13H21ClN6. The van der Waals surface area contributed by atoms with E-state index in [0.29, 0.717) is 11.4 Å². The molecule has 7 heteroatoms. The lowest BCUT2D eigenvalue weighted by Crippen LogP contribution is -2.31. The fraction of sp³-hybridized carbons (Fsp3) is 0.538. The normalized spacial score (nSPS) is 12.9. The number of nitrogens with zero attached hydrogens (tertiary/aromatic N) is 4. The molecule has 110 valence electrons. The van der Waals surface area contributed by atoms with Gasteiger partial charge in [-0.25, -0.2) is 0 Å². The molecule has 3 N–H and O–H groups in total. The van der Waals surface area contributed by atoms with Gasteiger partial charge in [-0.05, 0) is 19.4 Å². The SMILES string of the molecule is CCc1cc(C(Cc2c(Cl)c(C)nn2C)NN)n(C)n1. The molecule has 0 saturated heterocycles. The summed E-state index contributed by atoms with van der Waals surface area (Å²) in [7, 11) is 3.82. The van der Waals surface area contributed by atoms with Gasteiger partial charge in [-0.15, -0.1) is 0 Å². The maximum absolute atomic E-state index is 6.30. The molecule has 0 radical (unpaired) electrons. The van der Waals surface area contributed by atoms with E-state index in [9.17, 15) is 0 Å². The molecule has 2 rings (SSSR count). The van der Waals surface area contributed by atoms with Gasteiger partial charge in [-0.1, -0.05) is 18.5 Å². The Hall–Kier alpha value is -1.37. The fourth-order valence-electron chi connectivity index (χ4n) is 2.39. The largest absolute Gasteiger partial charge is 0.271 e. The lowest BCUT2D eigenvalue weighted by Gasteiger charge is -2.16. The Kier molecular flexibility index (Phi) is 4.47.